The minimum absolute atomic E-state index is 0.00713. The van der Waals surface area contributed by atoms with Gasteiger partial charge in [0.2, 0.25) is 0 Å². The van der Waals surface area contributed by atoms with Crippen LogP contribution >= 0.6 is 0 Å². The lowest BCUT2D eigenvalue weighted by atomic mass is 9.65. The Bertz CT molecular complexity index is 5400. The minimum atomic E-state index is -6.94. The number of benzene rings is 7. The molecule has 0 N–H and O–H groups in total. The lowest BCUT2D eigenvalue weighted by Crippen LogP contribution is -2.31. The van der Waals surface area contributed by atoms with Gasteiger partial charge in [-0.25, -0.2) is 33.7 Å². The van der Waals surface area contributed by atoms with Gasteiger partial charge in [0.1, 0.15) is 0 Å². The summed E-state index contributed by atoms with van der Waals surface area (Å²) in [6, 6.07) is 7.44. The quantitative estimate of drug-likeness (QED) is 0.0912. The zero-order chi connectivity index (χ0) is 56.3. The number of hydrogen-bond donors (Lipinski definition) is 0. The Hall–Kier alpha value is -6.76. The monoisotopic (exact) mass is 1190 g/mol. The Balaban J connectivity index is 1.06. The van der Waals surface area contributed by atoms with Crippen LogP contribution in [0.1, 0.15) is 74.1 Å². The SMILES string of the molecule is O=S(=O)(c1cc(C2(c3cc(S(=O)(=O)C(F)(F)F)cc(S(=O)(=O)C(F)(F)F)c3)C3c4c5c6c7c4c4c(c8ccc9c%10ccc%11c%12c%13c%14c(c7c7c%14c(c%12%10)c9c8c47)=C4C6C(C=C5)C5C=CC%11C%13C45)C32)cc(S(=O)(=O)C(F)(F)F)c1)C(F)(F)F. The Labute approximate surface area is 444 Å². The zero-order valence-electron chi connectivity index (χ0n) is 39.6. The zero-order valence-corrected chi connectivity index (χ0v) is 42.9. The Morgan fingerprint density at radius 1 is 0.383 bits per heavy atom. The van der Waals surface area contributed by atoms with Gasteiger partial charge in [-0.15, -0.1) is 0 Å². The fourth-order valence-corrected chi connectivity index (χ4v) is 21.7. The number of sulfone groups is 4. The normalized spacial score (nSPS) is 25.9. The summed E-state index contributed by atoms with van der Waals surface area (Å²) in [5, 5.41) is 13.6. The first kappa shape index (κ1) is 46.8. The summed E-state index contributed by atoms with van der Waals surface area (Å²) < 4.78 is 287. The summed E-state index contributed by atoms with van der Waals surface area (Å²) in [5.74, 6) is -3.99. The molecule has 0 saturated heterocycles. The van der Waals surface area contributed by atoms with Gasteiger partial charge in [-0.2, -0.15) is 52.7 Å². The Kier molecular flexibility index (Phi) is 7.19. The number of rotatable bonds is 6. The third-order valence-corrected chi connectivity index (χ3v) is 26.3. The van der Waals surface area contributed by atoms with Crippen LogP contribution in [-0.2, 0) is 44.8 Å². The van der Waals surface area contributed by atoms with Crippen LogP contribution in [-0.4, -0.2) is 55.7 Å². The van der Waals surface area contributed by atoms with Gasteiger partial charge >= 0.3 is 22.0 Å². The average molecular weight is 1190 g/mol. The molecule has 0 aliphatic heterocycles. The highest BCUT2D eigenvalue weighted by atomic mass is 32.2. The summed E-state index contributed by atoms with van der Waals surface area (Å²) in [6.45, 7) is 0. The van der Waals surface area contributed by atoms with Crippen LogP contribution in [0.5, 0.6) is 0 Å². The van der Waals surface area contributed by atoms with E-state index in [2.05, 4.69) is 24.3 Å². The van der Waals surface area contributed by atoms with E-state index in [1.165, 1.54) is 11.1 Å². The molecule has 11 aromatic carbocycles. The fourth-order valence-electron chi connectivity index (χ4n) is 18.2. The summed E-state index contributed by atoms with van der Waals surface area (Å²) in [7, 11) is -27.8. The predicted molar refractivity (Wildman–Crippen MR) is 270 cm³/mol. The Morgan fingerprint density at radius 3 is 1.38 bits per heavy atom. The van der Waals surface area contributed by atoms with Crippen molar-refractivity contribution in [3.8, 4) is 0 Å². The maximum atomic E-state index is 14.8. The van der Waals surface area contributed by atoms with E-state index in [0.29, 0.717) is 37.9 Å². The topological polar surface area (TPSA) is 137 Å². The molecule has 19 rings (SSSR count). The van der Waals surface area contributed by atoms with Gasteiger partial charge in [0.05, 0.1) is 19.6 Å². The molecule has 2 saturated carbocycles. The van der Waals surface area contributed by atoms with Gasteiger partial charge in [0, 0.05) is 35.0 Å². The van der Waals surface area contributed by atoms with E-state index < -0.39 is 121 Å². The van der Waals surface area contributed by atoms with Gasteiger partial charge in [-0.05, 0) is 196 Å². The lowest BCUT2D eigenvalue weighted by Gasteiger charge is -2.37. The largest absolute Gasteiger partial charge is 0.501 e. The first-order valence-electron chi connectivity index (χ1n) is 25.1. The van der Waals surface area contributed by atoms with Gasteiger partial charge in [0.15, 0.2) is 0 Å². The maximum absolute atomic E-state index is 14.8. The third kappa shape index (κ3) is 4.38. The molecule has 8 aliphatic carbocycles. The highest BCUT2D eigenvalue weighted by molar-refractivity contribution is 7.93. The molecule has 0 heterocycles. The van der Waals surface area contributed by atoms with Crippen molar-refractivity contribution in [1.29, 1.82) is 0 Å². The fraction of sp³-hybridized carbons (Fsp3) is 0.228. The molecule has 11 aromatic rings. The van der Waals surface area contributed by atoms with Crippen molar-refractivity contribution >= 4 is 137 Å². The van der Waals surface area contributed by atoms with Crippen molar-refractivity contribution < 1.29 is 86.4 Å². The smallest absolute Gasteiger partial charge is 0.214 e. The lowest BCUT2D eigenvalue weighted by molar-refractivity contribution is -0.0445. The molecule has 8 unspecified atom stereocenters. The van der Waals surface area contributed by atoms with Crippen molar-refractivity contribution in [1.82, 2.24) is 0 Å². The first-order chi connectivity index (χ1) is 37.8. The van der Waals surface area contributed by atoms with Crippen LogP contribution < -0.4 is 5.22 Å². The first-order valence-corrected chi connectivity index (χ1v) is 31.0. The molecule has 0 radical (unpaired) electrons. The molecule has 24 heteroatoms. The van der Waals surface area contributed by atoms with Crippen LogP contribution in [0.15, 0.2) is 98.5 Å². The number of fused-ring (bicyclic) bond motifs is 8. The van der Waals surface area contributed by atoms with Gasteiger partial charge < -0.3 is 0 Å². The summed E-state index contributed by atoms with van der Waals surface area (Å²) in [5.41, 5.74) is -25.6. The summed E-state index contributed by atoms with van der Waals surface area (Å²) >= 11 is 0. The van der Waals surface area contributed by atoms with E-state index in [1.807, 2.05) is 12.1 Å². The molecule has 8 atom stereocenters. The van der Waals surface area contributed by atoms with Gasteiger partial charge in [-0.1, -0.05) is 48.6 Å². The van der Waals surface area contributed by atoms with Crippen molar-refractivity contribution in [3.05, 3.63) is 129 Å². The third-order valence-electron chi connectivity index (χ3n) is 20.5. The van der Waals surface area contributed by atoms with Crippen LogP contribution in [0.3, 0.4) is 0 Å². The second-order valence-electron chi connectivity index (χ2n) is 23.1. The van der Waals surface area contributed by atoms with Crippen LogP contribution in [0.4, 0.5) is 52.7 Å². The second kappa shape index (κ2) is 12.4. The number of alkyl halides is 12. The number of halogens is 12. The molecule has 0 spiro atoms. The second-order valence-corrected chi connectivity index (χ2v) is 30.9. The van der Waals surface area contributed by atoms with E-state index in [1.54, 1.807) is 12.1 Å². The van der Waals surface area contributed by atoms with Crippen molar-refractivity contribution in [3.63, 3.8) is 0 Å². The molecule has 8 aliphatic rings. The van der Waals surface area contributed by atoms with E-state index in [-0.39, 0.29) is 70.9 Å². The van der Waals surface area contributed by atoms with Crippen molar-refractivity contribution in [2.45, 2.75) is 76.6 Å². The molecular formula is C57H22F12O8S4. The average Bonchev–Trinajstić information content (AvgIpc) is 1.45. The standard InChI is InChI=1S/C57H22F12O8S4/c58-54(59,60)78(70,71)17-9-15(10-18(13-17)79(72,73)55(61,62)63)53(16-11-19(80(74,75)56(64,65)66)14-20(12-16)81(76,77)57(67,68)69)51-37-27-7-5-25-23-3-1-21-22-2-4-24-26-6-8-28-36-34(26)41-32(24)30(22)39-29(21)31(23)40-33(25)35(27)42-44(37)45(38(28)52(51)53)43(36)50-48(41)46(39)47(40)49(42)50/h1-14,21,23,25,29,31,33,51-52H. The van der Waals surface area contributed by atoms with E-state index in [9.17, 15) is 86.4 Å². The van der Waals surface area contributed by atoms with Gasteiger partial charge in [0.25, 0.3) is 39.3 Å². The van der Waals surface area contributed by atoms with Crippen molar-refractivity contribution in [2.24, 2.45) is 17.8 Å². The predicted octanol–water partition coefficient (Wildman–Crippen LogP) is 13.1. The molecule has 0 bridgehead atoms. The van der Waals surface area contributed by atoms with E-state index in [4.69, 9.17) is 0 Å². The number of allylic oxidation sites excluding steroid dienone is 3. The summed E-state index contributed by atoms with van der Waals surface area (Å²) in [4.78, 5) is -8.57. The highest BCUT2D eigenvalue weighted by Crippen LogP contribution is 2.82. The summed E-state index contributed by atoms with van der Waals surface area (Å²) in [6.07, 6.45) is 8.29. The van der Waals surface area contributed by atoms with Crippen LogP contribution in [0.25, 0.3) is 97.8 Å². The molecular weight excluding hydrogens is 1170 g/mol. The maximum Gasteiger partial charge on any atom is 0.501 e. The molecule has 0 aromatic heterocycles. The molecule has 2 fully saturated rings. The van der Waals surface area contributed by atoms with E-state index in [0.717, 1.165) is 70.2 Å². The van der Waals surface area contributed by atoms with Crippen LogP contribution in [0, 0.1) is 17.8 Å². The minimum Gasteiger partial charge on any atom is -0.214 e. The van der Waals surface area contributed by atoms with Crippen molar-refractivity contribution in [2.75, 3.05) is 0 Å². The molecule has 406 valence electrons. The van der Waals surface area contributed by atoms with E-state index >= 15 is 0 Å². The highest BCUT2D eigenvalue weighted by Gasteiger charge is 2.73. The Morgan fingerprint density at radius 2 is 0.827 bits per heavy atom. The molecule has 81 heavy (non-hydrogen) atoms. The number of hydrogen-bond acceptors (Lipinski definition) is 8. The molecule has 0 amide bonds. The van der Waals surface area contributed by atoms with Crippen LogP contribution in [0.2, 0.25) is 0 Å². The molecule has 8 nitrogen and oxygen atoms in total. The van der Waals surface area contributed by atoms with Gasteiger partial charge in [-0.3, -0.25) is 0 Å².